The monoisotopic (exact) mass is 510 g/mol. The summed E-state index contributed by atoms with van der Waals surface area (Å²) in [5, 5.41) is 30.8. The van der Waals surface area contributed by atoms with Gasteiger partial charge in [0.25, 0.3) is 0 Å². The van der Waals surface area contributed by atoms with Crippen molar-refractivity contribution >= 4 is 5.97 Å². The predicted octanol–water partition coefficient (Wildman–Crippen LogP) is -2.06. The highest BCUT2D eigenvalue weighted by atomic mass is 127. The number of rotatable bonds is 4. The highest BCUT2D eigenvalue weighted by Crippen LogP contribution is 2.32. The standard InChI is InChI=1S/C15H14O3.C8H16NO.HI/c16-11-15(14(17)18,12-7-3-1-4-8-12)13-9-5-2-6-10-13;1-9-4-2-7(3-5-9)8(10)6-9;/h1-10,16H,11H2,(H,17,18);7-8,10H,2-6H2,1H3;1H/q;+1;/p-2. The van der Waals surface area contributed by atoms with Crippen LogP contribution in [0.25, 0.3) is 0 Å². The number of aliphatic hydroxyl groups excluding tert-OH is 2. The second-order valence-corrected chi connectivity index (χ2v) is 8.24. The number of nitrogens with zero attached hydrogens (tertiary/aromatic N) is 1. The molecular formula is C23H29INO4-. The first-order chi connectivity index (χ1) is 13.4. The number of halogens is 1. The third-order valence-corrected chi connectivity index (χ3v) is 6.37. The number of quaternary nitrogens is 1. The Labute approximate surface area is 189 Å². The minimum Gasteiger partial charge on any atom is -1.00 e. The normalized spacial score (nSPS) is 25.3. The summed E-state index contributed by atoms with van der Waals surface area (Å²) in [6.07, 6.45) is 2.50. The Morgan fingerprint density at radius 1 is 1.03 bits per heavy atom. The van der Waals surface area contributed by atoms with E-state index in [1.54, 1.807) is 60.7 Å². The Bertz CT molecular complexity index is 736. The van der Waals surface area contributed by atoms with Crippen LogP contribution in [0.1, 0.15) is 24.0 Å². The molecule has 5 rings (SSSR count). The van der Waals surface area contributed by atoms with Crippen molar-refractivity contribution in [3.8, 4) is 0 Å². The number of piperidine rings is 3. The van der Waals surface area contributed by atoms with E-state index in [4.69, 9.17) is 0 Å². The minimum atomic E-state index is -1.51. The van der Waals surface area contributed by atoms with Gasteiger partial charge in [0, 0.05) is 18.8 Å². The first-order valence-corrected chi connectivity index (χ1v) is 9.86. The zero-order valence-electron chi connectivity index (χ0n) is 16.7. The summed E-state index contributed by atoms with van der Waals surface area (Å²) in [6.45, 7) is 3.05. The Hall–Kier alpha value is -1.48. The molecule has 2 N–H and O–H groups in total. The molecule has 5 nitrogen and oxygen atoms in total. The van der Waals surface area contributed by atoms with Gasteiger partial charge in [-0.15, -0.1) is 0 Å². The van der Waals surface area contributed by atoms with Gasteiger partial charge < -0.3 is 48.6 Å². The van der Waals surface area contributed by atoms with E-state index in [0.717, 1.165) is 11.0 Å². The van der Waals surface area contributed by atoms with Gasteiger partial charge in [0.05, 0.1) is 38.1 Å². The minimum absolute atomic E-state index is 0. The number of benzene rings is 2. The molecule has 3 aliphatic rings. The lowest BCUT2D eigenvalue weighted by atomic mass is 9.75. The van der Waals surface area contributed by atoms with Crippen LogP contribution in [0.4, 0.5) is 0 Å². The summed E-state index contributed by atoms with van der Waals surface area (Å²) in [5.41, 5.74) is -0.486. The van der Waals surface area contributed by atoms with Crippen molar-refractivity contribution in [2.45, 2.75) is 24.4 Å². The van der Waals surface area contributed by atoms with Crippen molar-refractivity contribution in [3.05, 3.63) is 71.8 Å². The van der Waals surface area contributed by atoms with Crippen molar-refractivity contribution < 1.29 is 48.6 Å². The molecule has 2 aromatic carbocycles. The molecule has 6 heteroatoms. The van der Waals surface area contributed by atoms with Crippen molar-refractivity contribution in [2.75, 3.05) is 33.3 Å². The van der Waals surface area contributed by atoms with Gasteiger partial charge in [-0.05, 0) is 11.1 Å². The predicted molar refractivity (Wildman–Crippen MR) is 105 cm³/mol. The second kappa shape index (κ2) is 10.0. The molecule has 3 fully saturated rings. The first kappa shape index (κ1) is 23.8. The van der Waals surface area contributed by atoms with E-state index >= 15 is 0 Å². The number of likely N-dealkylation sites (N-methyl/N-ethyl adjacent to an activating group) is 1. The van der Waals surface area contributed by atoms with Crippen LogP contribution >= 0.6 is 0 Å². The third kappa shape index (κ3) is 4.99. The number of hydrogen-bond acceptors (Lipinski definition) is 4. The molecule has 3 aliphatic heterocycles. The summed E-state index contributed by atoms with van der Waals surface area (Å²) in [7, 11) is 2.26. The molecule has 0 saturated carbocycles. The van der Waals surface area contributed by atoms with E-state index in [9.17, 15) is 20.1 Å². The summed E-state index contributed by atoms with van der Waals surface area (Å²) in [5.74, 6) is -0.664. The number of carbonyl (C=O) groups is 1. The Morgan fingerprint density at radius 3 is 1.76 bits per heavy atom. The van der Waals surface area contributed by atoms with Gasteiger partial charge in [0.1, 0.15) is 12.6 Å². The number of aliphatic carboxylic acids is 1. The Kier molecular flexibility index (Phi) is 8.22. The molecular weight excluding hydrogens is 481 g/mol. The van der Waals surface area contributed by atoms with Gasteiger partial charge >= 0.3 is 0 Å². The van der Waals surface area contributed by atoms with Crippen molar-refractivity contribution in [1.82, 2.24) is 0 Å². The van der Waals surface area contributed by atoms with E-state index in [1.807, 2.05) is 0 Å². The summed E-state index contributed by atoms with van der Waals surface area (Å²) in [4.78, 5) is 11.6. The van der Waals surface area contributed by atoms with E-state index in [0.29, 0.717) is 17.0 Å². The van der Waals surface area contributed by atoms with Crippen molar-refractivity contribution in [3.63, 3.8) is 0 Å². The topological polar surface area (TPSA) is 80.6 Å². The molecule has 2 bridgehead atoms. The number of carboxylic acid groups (broad SMARTS) is 1. The maximum atomic E-state index is 11.6. The van der Waals surface area contributed by atoms with Gasteiger partial charge in [-0.2, -0.15) is 0 Å². The molecule has 1 unspecified atom stereocenters. The molecule has 29 heavy (non-hydrogen) atoms. The summed E-state index contributed by atoms with van der Waals surface area (Å²) >= 11 is 0. The molecule has 0 radical (unpaired) electrons. The fourth-order valence-corrected chi connectivity index (χ4v) is 4.47. The molecule has 2 aromatic rings. The van der Waals surface area contributed by atoms with Crippen LogP contribution in [0, 0.1) is 5.92 Å². The lowest BCUT2D eigenvalue weighted by Gasteiger charge is -2.48. The number of hydrogen-bond donors (Lipinski definition) is 2. The molecule has 0 aliphatic carbocycles. The lowest BCUT2D eigenvalue weighted by molar-refractivity contribution is -0.928. The largest absolute Gasteiger partial charge is 1.00 e. The smallest absolute Gasteiger partial charge is 0.106 e. The molecule has 0 amide bonds. The maximum absolute atomic E-state index is 11.6. The van der Waals surface area contributed by atoms with Gasteiger partial charge in [0.15, 0.2) is 0 Å². The molecule has 3 heterocycles. The zero-order chi connectivity index (χ0) is 20.2. The van der Waals surface area contributed by atoms with Crippen LogP contribution in [0.5, 0.6) is 0 Å². The highest BCUT2D eigenvalue weighted by Gasteiger charge is 2.42. The maximum Gasteiger partial charge on any atom is 0.106 e. The van der Waals surface area contributed by atoms with Crippen molar-refractivity contribution in [1.29, 1.82) is 0 Å². The lowest BCUT2D eigenvalue weighted by Crippen LogP contribution is -3.00. The van der Waals surface area contributed by atoms with E-state index in [2.05, 4.69) is 7.05 Å². The molecule has 1 atom stereocenters. The van der Waals surface area contributed by atoms with Crippen LogP contribution in [0.2, 0.25) is 0 Å². The molecule has 0 spiro atoms. The average Bonchev–Trinajstić information content (AvgIpc) is 2.71. The average molecular weight is 510 g/mol. The molecule has 0 aromatic heterocycles. The number of aliphatic hydroxyl groups is 2. The SMILES string of the molecule is C[N+]12CCC(CC1)C(O)C2.O=C([O-])C(CO)(c1ccccc1)c1ccccc1.[I-]. The van der Waals surface area contributed by atoms with Crippen LogP contribution in [0.15, 0.2) is 60.7 Å². The van der Waals surface area contributed by atoms with Crippen molar-refractivity contribution in [2.24, 2.45) is 5.92 Å². The van der Waals surface area contributed by atoms with Crippen LogP contribution in [0.3, 0.4) is 0 Å². The van der Waals surface area contributed by atoms with Gasteiger partial charge in [-0.1, -0.05) is 60.7 Å². The quantitative estimate of drug-likeness (QED) is 0.366. The fourth-order valence-electron chi connectivity index (χ4n) is 4.47. The van der Waals surface area contributed by atoms with Gasteiger partial charge in [-0.3, -0.25) is 0 Å². The van der Waals surface area contributed by atoms with Crippen LogP contribution in [-0.4, -0.2) is 60.1 Å². The second-order valence-electron chi connectivity index (χ2n) is 8.24. The van der Waals surface area contributed by atoms with E-state index in [-0.39, 0.29) is 30.1 Å². The number of fused-ring (bicyclic) bond motifs is 3. The molecule has 3 saturated heterocycles. The van der Waals surface area contributed by atoms with Crippen LogP contribution in [-0.2, 0) is 10.2 Å². The first-order valence-electron chi connectivity index (χ1n) is 9.86. The number of carbonyl (C=O) groups excluding carboxylic acids is 1. The highest BCUT2D eigenvalue weighted by molar-refractivity contribution is 5.84. The fraction of sp³-hybridized carbons (Fsp3) is 0.435. The van der Waals surface area contributed by atoms with Gasteiger partial charge in [0.2, 0.25) is 0 Å². The third-order valence-electron chi connectivity index (χ3n) is 6.37. The Morgan fingerprint density at radius 2 is 1.48 bits per heavy atom. The number of carboxylic acids is 1. The van der Waals surface area contributed by atoms with E-state index in [1.165, 1.54) is 25.9 Å². The summed E-state index contributed by atoms with van der Waals surface area (Å²) < 4.78 is 1.12. The van der Waals surface area contributed by atoms with Gasteiger partial charge in [-0.25, -0.2) is 0 Å². The summed E-state index contributed by atoms with van der Waals surface area (Å²) in [6, 6.07) is 17.3. The van der Waals surface area contributed by atoms with E-state index < -0.39 is 18.0 Å². The van der Waals surface area contributed by atoms with Crippen LogP contribution < -0.4 is 29.1 Å². The Balaban J connectivity index is 0.000000231. The zero-order valence-corrected chi connectivity index (χ0v) is 18.9. The molecule has 158 valence electrons.